The number of likely N-dealkylation sites (tertiary alicyclic amines) is 1. The number of para-hydroxylation sites is 1. The molecular formula is C21H26FN5O2. The number of amides is 1. The summed E-state index contributed by atoms with van der Waals surface area (Å²) in [7, 11) is 0. The maximum absolute atomic E-state index is 13.9. The van der Waals surface area contributed by atoms with Gasteiger partial charge in [-0.15, -0.1) is 0 Å². The van der Waals surface area contributed by atoms with E-state index in [0.29, 0.717) is 18.7 Å². The van der Waals surface area contributed by atoms with Gasteiger partial charge >= 0.3 is 0 Å². The van der Waals surface area contributed by atoms with Crippen LogP contribution in [0.1, 0.15) is 45.2 Å². The van der Waals surface area contributed by atoms with Crippen molar-refractivity contribution < 1.29 is 13.6 Å². The Morgan fingerprint density at radius 3 is 2.97 bits per heavy atom. The normalized spacial score (nSPS) is 18.4. The molecule has 1 aliphatic heterocycles. The summed E-state index contributed by atoms with van der Waals surface area (Å²) in [6.45, 7) is 5.07. The maximum atomic E-state index is 13.9. The third kappa shape index (κ3) is 3.97. The van der Waals surface area contributed by atoms with Crippen LogP contribution >= 0.6 is 0 Å². The van der Waals surface area contributed by atoms with Crippen LogP contribution in [0.3, 0.4) is 0 Å². The standard InChI is InChI=1S/C21H26FN5O2/c1-21(2,17-11-23-13-24-17)19(28)27-10-5-3-4-7-14(12-27)25-20-26-18-15(22)8-6-9-16(18)29-20/h6,8-9,11,13-14H,3-5,7,10,12H2,1-2H3,(H,23,24)(H,25,26). The molecule has 7 nitrogen and oxygen atoms in total. The van der Waals surface area contributed by atoms with Gasteiger partial charge in [0.15, 0.2) is 11.4 Å². The van der Waals surface area contributed by atoms with Gasteiger partial charge in [0.05, 0.1) is 11.7 Å². The second-order valence-corrected chi connectivity index (χ2v) is 8.14. The van der Waals surface area contributed by atoms with E-state index in [2.05, 4.69) is 20.3 Å². The molecule has 2 N–H and O–H groups in total. The summed E-state index contributed by atoms with van der Waals surface area (Å²) in [6.07, 6.45) is 7.26. The Labute approximate surface area is 168 Å². The highest BCUT2D eigenvalue weighted by molar-refractivity contribution is 5.87. The Morgan fingerprint density at radius 1 is 1.34 bits per heavy atom. The molecular weight excluding hydrogens is 373 g/mol. The van der Waals surface area contributed by atoms with Gasteiger partial charge in [-0.05, 0) is 38.8 Å². The number of hydrogen-bond donors (Lipinski definition) is 2. The Balaban J connectivity index is 1.52. The number of hydrogen-bond acceptors (Lipinski definition) is 5. The lowest BCUT2D eigenvalue weighted by Gasteiger charge is -2.35. The Hall–Kier alpha value is -2.90. The molecule has 3 heterocycles. The molecule has 1 aromatic carbocycles. The molecule has 0 saturated carbocycles. The molecule has 154 valence electrons. The predicted molar refractivity (Wildman–Crippen MR) is 108 cm³/mol. The summed E-state index contributed by atoms with van der Waals surface area (Å²) in [5.74, 6) is -0.353. The fourth-order valence-electron chi connectivity index (χ4n) is 3.88. The SMILES string of the molecule is CC(C)(C(=O)N1CCCCCC(Nc2nc3c(F)cccc3o2)C1)c1cnc[nH]1. The highest BCUT2D eigenvalue weighted by atomic mass is 19.1. The number of fused-ring (bicyclic) bond motifs is 1. The number of aromatic nitrogens is 3. The third-order valence-electron chi connectivity index (χ3n) is 5.61. The molecule has 1 saturated heterocycles. The van der Waals surface area contributed by atoms with Gasteiger partial charge in [0.1, 0.15) is 5.52 Å². The van der Waals surface area contributed by atoms with Gasteiger partial charge in [-0.3, -0.25) is 4.79 Å². The van der Waals surface area contributed by atoms with E-state index in [4.69, 9.17) is 4.42 Å². The van der Waals surface area contributed by atoms with Crippen molar-refractivity contribution in [3.05, 3.63) is 42.2 Å². The number of oxazole rings is 1. The molecule has 0 aliphatic carbocycles. The van der Waals surface area contributed by atoms with Gasteiger partial charge in [0.25, 0.3) is 6.01 Å². The number of carbonyl (C=O) groups excluding carboxylic acids is 1. The predicted octanol–water partition coefficient (Wildman–Crippen LogP) is 3.85. The Kier molecular flexibility index (Phi) is 5.25. The molecule has 0 radical (unpaired) electrons. The van der Waals surface area contributed by atoms with E-state index < -0.39 is 11.2 Å². The molecule has 29 heavy (non-hydrogen) atoms. The average Bonchev–Trinajstić information content (AvgIpc) is 3.34. The molecule has 1 fully saturated rings. The third-order valence-corrected chi connectivity index (χ3v) is 5.61. The van der Waals surface area contributed by atoms with E-state index in [1.165, 1.54) is 6.07 Å². The number of nitrogens with one attached hydrogen (secondary N) is 2. The summed E-state index contributed by atoms with van der Waals surface area (Å²) in [5, 5.41) is 3.28. The number of anilines is 1. The second-order valence-electron chi connectivity index (χ2n) is 8.14. The molecule has 1 unspecified atom stereocenters. The van der Waals surface area contributed by atoms with Gasteiger partial charge in [0.2, 0.25) is 5.91 Å². The first-order valence-electron chi connectivity index (χ1n) is 10.0. The van der Waals surface area contributed by atoms with Crippen LogP contribution < -0.4 is 5.32 Å². The van der Waals surface area contributed by atoms with Crippen molar-refractivity contribution in [2.45, 2.75) is 51.0 Å². The molecule has 0 bridgehead atoms. The Bertz CT molecular complexity index is 982. The minimum atomic E-state index is -0.693. The number of H-pyrrole nitrogens is 1. The molecule has 4 rings (SSSR count). The maximum Gasteiger partial charge on any atom is 0.296 e. The minimum absolute atomic E-state index is 0.0204. The minimum Gasteiger partial charge on any atom is -0.423 e. The molecule has 1 aliphatic rings. The van der Waals surface area contributed by atoms with E-state index in [0.717, 1.165) is 31.4 Å². The number of benzene rings is 1. The lowest BCUT2D eigenvalue weighted by atomic mass is 9.87. The van der Waals surface area contributed by atoms with Crippen LogP contribution in [0, 0.1) is 5.82 Å². The number of rotatable bonds is 4. The quantitative estimate of drug-likeness (QED) is 0.696. The monoisotopic (exact) mass is 399 g/mol. The first-order chi connectivity index (χ1) is 13.9. The zero-order chi connectivity index (χ0) is 20.4. The van der Waals surface area contributed by atoms with Crippen LogP contribution in [0.25, 0.3) is 11.1 Å². The zero-order valence-electron chi connectivity index (χ0n) is 16.7. The van der Waals surface area contributed by atoms with Gasteiger partial charge in [-0.2, -0.15) is 4.98 Å². The highest BCUT2D eigenvalue weighted by Crippen LogP contribution is 2.27. The highest BCUT2D eigenvalue weighted by Gasteiger charge is 2.36. The summed E-state index contributed by atoms with van der Waals surface area (Å²) < 4.78 is 19.6. The summed E-state index contributed by atoms with van der Waals surface area (Å²) in [6, 6.07) is 4.92. The largest absolute Gasteiger partial charge is 0.423 e. The van der Waals surface area contributed by atoms with E-state index in [1.807, 2.05) is 18.7 Å². The van der Waals surface area contributed by atoms with E-state index in [-0.39, 0.29) is 23.5 Å². The number of halogens is 1. The average molecular weight is 399 g/mol. The van der Waals surface area contributed by atoms with E-state index in [9.17, 15) is 9.18 Å². The smallest absolute Gasteiger partial charge is 0.296 e. The molecule has 8 heteroatoms. The van der Waals surface area contributed by atoms with Crippen molar-refractivity contribution in [3.63, 3.8) is 0 Å². The summed E-state index contributed by atoms with van der Waals surface area (Å²) in [5.41, 5.74) is 0.727. The van der Waals surface area contributed by atoms with E-state index in [1.54, 1.807) is 24.7 Å². The summed E-state index contributed by atoms with van der Waals surface area (Å²) in [4.78, 5) is 26.6. The van der Waals surface area contributed by atoms with Gasteiger partial charge in [0, 0.05) is 31.0 Å². The molecule has 2 aromatic heterocycles. The lowest BCUT2D eigenvalue weighted by Crippen LogP contribution is -2.49. The molecule has 3 aromatic rings. The van der Waals surface area contributed by atoms with Crippen LogP contribution in [-0.4, -0.2) is 44.9 Å². The first-order valence-corrected chi connectivity index (χ1v) is 10.0. The Morgan fingerprint density at radius 2 is 2.21 bits per heavy atom. The van der Waals surface area contributed by atoms with Crippen molar-refractivity contribution in [2.75, 3.05) is 18.4 Å². The van der Waals surface area contributed by atoms with Gasteiger partial charge in [-0.25, -0.2) is 9.37 Å². The number of imidazole rings is 1. The fourth-order valence-corrected chi connectivity index (χ4v) is 3.88. The van der Waals surface area contributed by atoms with Gasteiger partial charge < -0.3 is 19.6 Å². The number of carbonyl (C=O) groups is 1. The van der Waals surface area contributed by atoms with Crippen molar-refractivity contribution in [1.82, 2.24) is 19.9 Å². The summed E-state index contributed by atoms with van der Waals surface area (Å²) >= 11 is 0. The molecule has 0 spiro atoms. The van der Waals surface area contributed by atoms with Crippen LogP contribution in [0.2, 0.25) is 0 Å². The van der Waals surface area contributed by atoms with Crippen LogP contribution in [0.4, 0.5) is 10.4 Å². The number of nitrogens with zero attached hydrogens (tertiary/aromatic N) is 3. The second kappa shape index (κ2) is 7.85. The van der Waals surface area contributed by atoms with Crippen molar-refractivity contribution >= 4 is 23.0 Å². The molecule has 1 atom stereocenters. The van der Waals surface area contributed by atoms with Crippen molar-refractivity contribution in [2.24, 2.45) is 0 Å². The lowest BCUT2D eigenvalue weighted by molar-refractivity contribution is -0.136. The fraction of sp³-hybridized carbons (Fsp3) is 0.476. The van der Waals surface area contributed by atoms with Crippen molar-refractivity contribution in [3.8, 4) is 0 Å². The molecule has 1 amide bonds. The first kappa shape index (κ1) is 19.4. The number of aromatic amines is 1. The topological polar surface area (TPSA) is 87.1 Å². The van der Waals surface area contributed by atoms with Crippen LogP contribution in [-0.2, 0) is 10.2 Å². The van der Waals surface area contributed by atoms with Crippen molar-refractivity contribution in [1.29, 1.82) is 0 Å². The van der Waals surface area contributed by atoms with Crippen LogP contribution in [0.15, 0.2) is 35.1 Å². The van der Waals surface area contributed by atoms with E-state index >= 15 is 0 Å². The van der Waals surface area contributed by atoms with Gasteiger partial charge in [-0.1, -0.05) is 18.9 Å². The zero-order valence-corrected chi connectivity index (χ0v) is 16.7. The van der Waals surface area contributed by atoms with Crippen LogP contribution in [0.5, 0.6) is 0 Å².